The third-order valence-electron chi connectivity index (χ3n) is 2.76. The topological polar surface area (TPSA) is 52.5 Å². The molecule has 0 aliphatic heterocycles. The van der Waals surface area contributed by atoms with Gasteiger partial charge in [0.05, 0.1) is 11.7 Å². The Morgan fingerprint density at radius 1 is 1.16 bits per heavy atom. The van der Waals surface area contributed by atoms with Crippen molar-refractivity contribution in [1.29, 1.82) is 0 Å². The number of aliphatic hydroxyl groups is 2. The molecule has 0 aliphatic carbocycles. The number of alkyl halides is 3. The summed E-state index contributed by atoms with van der Waals surface area (Å²) in [6.07, 6.45) is -5.23. The van der Waals surface area contributed by atoms with Crippen LogP contribution >= 0.6 is 0 Å². The van der Waals surface area contributed by atoms with Gasteiger partial charge in [-0.1, -0.05) is 19.1 Å². The van der Waals surface area contributed by atoms with Crippen molar-refractivity contribution in [2.75, 3.05) is 19.7 Å². The average Bonchev–Trinajstić information content (AvgIpc) is 2.37. The van der Waals surface area contributed by atoms with Gasteiger partial charge in [0.15, 0.2) is 0 Å². The molecule has 1 aromatic carbocycles. The lowest BCUT2D eigenvalue weighted by Crippen LogP contribution is -2.27. The predicted octanol–water partition coefficient (Wildman–Crippen LogP) is 1.96. The van der Waals surface area contributed by atoms with Crippen molar-refractivity contribution in [2.45, 2.75) is 19.2 Å². The number of halogens is 3. The van der Waals surface area contributed by atoms with Crippen LogP contribution in [0.1, 0.15) is 24.2 Å². The number of nitrogens with one attached hydrogen (secondary N) is 1. The van der Waals surface area contributed by atoms with E-state index in [4.69, 9.17) is 5.11 Å². The first kappa shape index (κ1) is 15.9. The van der Waals surface area contributed by atoms with E-state index >= 15 is 0 Å². The molecule has 0 saturated heterocycles. The van der Waals surface area contributed by atoms with Crippen LogP contribution in [0.2, 0.25) is 0 Å². The van der Waals surface area contributed by atoms with Crippen LogP contribution in [-0.2, 0) is 6.18 Å². The molecule has 0 aliphatic rings. The number of hydrogen-bond donors (Lipinski definition) is 3. The molecule has 6 heteroatoms. The molecule has 3 nitrogen and oxygen atoms in total. The summed E-state index contributed by atoms with van der Waals surface area (Å²) in [4.78, 5) is 0. The summed E-state index contributed by atoms with van der Waals surface area (Å²) >= 11 is 0. The molecule has 108 valence electrons. The third-order valence-corrected chi connectivity index (χ3v) is 2.76. The number of rotatable bonds is 6. The molecule has 0 radical (unpaired) electrons. The first-order valence-corrected chi connectivity index (χ1v) is 6.01. The van der Waals surface area contributed by atoms with Gasteiger partial charge in [0.2, 0.25) is 0 Å². The van der Waals surface area contributed by atoms with E-state index in [0.29, 0.717) is 12.1 Å². The van der Waals surface area contributed by atoms with Gasteiger partial charge in [0.1, 0.15) is 0 Å². The van der Waals surface area contributed by atoms with Crippen LogP contribution in [0.3, 0.4) is 0 Å². The highest BCUT2D eigenvalue weighted by atomic mass is 19.4. The van der Waals surface area contributed by atoms with Crippen LogP contribution in [0, 0.1) is 5.92 Å². The van der Waals surface area contributed by atoms with E-state index in [1.807, 2.05) is 6.92 Å². The molecular weight excluding hydrogens is 259 g/mol. The Morgan fingerprint density at radius 3 is 2.21 bits per heavy atom. The Bertz CT molecular complexity index is 378. The fraction of sp³-hybridized carbons (Fsp3) is 0.538. The van der Waals surface area contributed by atoms with E-state index in [0.717, 1.165) is 12.1 Å². The Kier molecular flexibility index (Phi) is 5.78. The van der Waals surface area contributed by atoms with Gasteiger partial charge in [0, 0.05) is 13.2 Å². The fourth-order valence-electron chi connectivity index (χ4n) is 1.54. The van der Waals surface area contributed by atoms with E-state index in [1.54, 1.807) is 0 Å². The largest absolute Gasteiger partial charge is 0.416 e. The van der Waals surface area contributed by atoms with E-state index < -0.39 is 17.8 Å². The fourth-order valence-corrected chi connectivity index (χ4v) is 1.54. The van der Waals surface area contributed by atoms with Gasteiger partial charge in [-0.25, -0.2) is 0 Å². The molecule has 2 unspecified atom stereocenters. The van der Waals surface area contributed by atoms with Gasteiger partial charge < -0.3 is 15.5 Å². The lowest BCUT2D eigenvalue weighted by Gasteiger charge is -2.15. The molecule has 1 rings (SSSR count). The molecule has 3 N–H and O–H groups in total. The molecule has 0 fully saturated rings. The van der Waals surface area contributed by atoms with Crippen LogP contribution in [0.5, 0.6) is 0 Å². The molecule has 0 saturated carbocycles. The summed E-state index contributed by atoms with van der Waals surface area (Å²) in [6, 6.07) is 4.44. The van der Waals surface area contributed by atoms with Crippen LogP contribution < -0.4 is 5.32 Å². The summed E-state index contributed by atoms with van der Waals surface area (Å²) in [5.41, 5.74) is -0.303. The minimum absolute atomic E-state index is 0.0450. The smallest absolute Gasteiger partial charge is 0.396 e. The van der Waals surface area contributed by atoms with Gasteiger partial charge >= 0.3 is 6.18 Å². The molecule has 1 aromatic rings. The zero-order valence-electron chi connectivity index (χ0n) is 10.6. The van der Waals surface area contributed by atoms with Crippen molar-refractivity contribution < 1.29 is 23.4 Å². The van der Waals surface area contributed by atoms with Crippen molar-refractivity contribution in [1.82, 2.24) is 5.32 Å². The first-order valence-electron chi connectivity index (χ1n) is 6.01. The van der Waals surface area contributed by atoms with Gasteiger partial charge in [-0.2, -0.15) is 13.2 Å². The summed E-state index contributed by atoms with van der Waals surface area (Å²) in [5.74, 6) is 0.0693. The molecule has 0 spiro atoms. The number of aliphatic hydroxyl groups excluding tert-OH is 2. The van der Waals surface area contributed by atoms with Gasteiger partial charge in [-0.3, -0.25) is 0 Å². The number of benzene rings is 1. The van der Waals surface area contributed by atoms with Crippen molar-refractivity contribution >= 4 is 0 Å². The highest BCUT2D eigenvalue weighted by Gasteiger charge is 2.30. The van der Waals surface area contributed by atoms with Gasteiger partial charge in [0.25, 0.3) is 0 Å². The van der Waals surface area contributed by atoms with Crippen molar-refractivity contribution in [3.8, 4) is 0 Å². The second-order valence-corrected chi connectivity index (χ2v) is 4.58. The van der Waals surface area contributed by atoms with Gasteiger partial charge in [-0.05, 0) is 30.2 Å². The predicted molar refractivity (Wildman–Crippen MR) is 65.5 cm³/mol. The lowest BCUT2D eigenvalue weighted by atomic mass is 10.1. The van der Waals surface area contributed by atoms with Crippen LogP contribution in [0.15, 0.2) is 24.3 Å². The average molecular weight is 277 g/mol. The molecule has 19 heavy (non-hydrogen) atoms. The minimum atomic E-state index is -4.36. The molecular formula is C13H18F3NO2. The minimum Gasteiger partial charge on any atom is -0.396 e. The Labute approximate surface area is 110 Å². The Morgan fingerprint density at radius 2 is 1.74 bits per heavy atom. The molecule has 0 bridgehead atoms. The van der Waals surface area contributed by atoms with Crippen molar-refractivity contribution in [2.24, 2.45) is 5.92 Å². The molecule has 2 atom stereocenters. The lowest BCUT2D eigenvalue weighted by molar-refractivity contribution is -0.137. The highest BCUT2D eigenvalue weighted by molar-refractivity contribution is 5.26. The second kappa shape index (κ2) is 6.88. The second-order valence-electron chi connectivity index (χ2n) is 4.58. The number of hydrogen-bond acceptors (Lipinski definition) is 3. The zero-order valence-corrected chi connectivity index (χ0v) is 10.6. The van der Waals surface area contributed by atoms with Crippen LogP contribution in [0.25, 0.3) is 0 Å². The van der Waals surface area contributed by atoms with Gasteiger partial charge in [-0.15, -0.1) is 0 Å². The quantitative estimate of drug-likeness (QED) is 0.745. The summed E-state index contributed by atoms with van der Waals surface area (Å²) < 4.78 is 37.1. The van der Waals surface area contributed by atoms with E-state index in [9.17, 15) is 18.3 Å². The maximum atomic E-state index is 12.4. The molecule has 0 heterocycles. The highest BCUT2D eigenvalue weighted by Crippen LogP contribution is 2.29. The van der Waals surface area contributed by atoms with Crippen molar-refractivity contribution in [3.05, 3.63) is 35.4 Å². The van der Waals surface area contributed by atoms with Crippen molar-refractivity contribution in [3.63, 3.8) is 0 Å². The Balaban J connectivity index is 2.51. The molecule has 0 amide bonds. The third kappa shape index (κ3) is 5.18. The summed E-state index contributed by atoms with van der Waals surface area (Å²) in [7, 11) is 0. The summed E-state index contributed by atoms with van der Waals surface area (Å²) in [5, 5.41) is 21.6. The van der Waals surface area contributed by atoms with E-state index in [2.05, 4.69) is 5.32 Å². The summed E-state index contributed by atoms with van der Waals surface area (Å²) in [6.45, 7) is 2.66. The maximum Gasteiger partial charge on any atom is 0.416 e. The first-order chi connectivity index (χ1) is 8.84. The van der Waals surface area contributed by atoms with Crippen LogP contribution in [0.4, 0.5) is 13.2 Å². The van der Waals surface area contributed by atoms with Crippen LogP contribution in [-0.4, -0.2) is 29.9 Å². The molecule has 0 aromatic heterocycles. The normalized spacial score (nSPS) is 15.3. The zero-order chi connectivity index (χ0) is 14.5. The Hall–Kier alpha value is -1.11. The standard InChI is InChI=1S/C13H18F3NO2/c1-9(8-18)6-17-7-12(19)10-2-4-11(5-3-10)13(14,15)16/h2-5,9,12,17-19H,6-8H2,1H3. The van der Waals surface area contributed by atoms with E-state index in [1.165, 1.54) is 12.1 Å². The SMILES string of the molecule is CC(CO)CNCC(O)c1ccc(C(F)(F)F)cc1. The monoisotopic (exact) mass is 277 g/mol. The maximum absolute atomic E-state index is 12.4. The van der Waals surface area contributed by atoms with E-state index in [-0.39, 0.29) is 19.1 Å².